The zero-order valence-electron chi connectivity index (χ0n) is 24.8. The molecule has 0 aromatic heterocycles. The van der Waals surface area contributed by atoms with Gasteiger partial charge in [-0.15, -0.1) is 41.3 Å². The Hall–Kier alpha value is -4.69. The first-order chi connectivity index (χ1) is 21.6. The molecule has 222 valence electrons. The third kappa shape index (κ3) is 4.34. The zero-order valence-corrected chi connectivity index (χ0v) is 26.4. The largest absolute Gasteiger partial charge is 0.510 e. The predicted octanol–water partition coefficient (Wildman–Crippen LogP) is 6.84. The maximum atomic E-state index is 3.91. The molecule has 0 aliphatic carbocycles. The number of hydrogen-bond donors (Lipinski definition) is 0. The van der Waals surface area contributed by atoms with Gasteiger partial charge in [-0.25, -0.2) is 0 Å². The first kappa shape index (κ1) is 27.8. The molecule has 0 amide bonds. The summed E-state index contributed by atoms with van der Waals surface area (Å²) in [6, 6.07) is 44.7. The first-order valence-electron chi connectivity index (χ1n) is 14.9. The van der Waals surface area contributed by atoms with Gasteiger partial charge in [-0.2, -0.15) is 41.9 Å². The van der Waals surface area contributed by atoms with Gasteiger partial charge in [-0.3, -0.25) is 0 Å². The maximum absolute atomic E-state index is 3.91. The summed E-state index contributed by atoms with van der Waals surface area (Å²) >= 11 is 0. The van der Waals surface area contributed by atoms with E-state index in [4.69, 9.17) is 0 Å². The van der Waals surface area contributed by atoms with Crippen LogP contribution in [0.5, 0.6) is 0 Å². The number of allylic oxidation sites excluding steroid dienone is 1. The molecule has 4 aliphatic rings. The summed E-state index contributed by atoms with van der Waals surface area (Å²) in [5.41, 5.74) is 13.9. The second kappa shape index (κ2) is 10.7. The van der Waals surface area contributed by atoms with Crippen LogP contribution >= 0.6 is 0 Å². The second-order valence-electron chi connectivity index (χ2n) is 11.6. The van der Waals surface area contributed by atoms with Crippen molar-refractivity contribution < 1.29 is 20.4 Å². The predicted molar refractivity (Wildman–Crippen MR) is 182 cm³/mol. The van der Waals surface area contributed by atoms with Crippen molar-refractivity contribution in [1.82, 2.24) is 4.90 Å². The molecule has 5 aromatic carbocycles. The van der Waals surface area contributed by atoms with E-state index in [9.17, 15) is 0 Å². The molecule has 0 saturated heterocycles. The van der Waals surface area contributed by atoms with Gasteiger partial charge in [0.15, 0.2) is 0 Å². The van der Waals surface area contributed by atoms with Crippen molar-refractivity contribution in [3.8, 4) is 22.3 Å². The van der Waals surface area contributed by atoms with E-state index in [0.29, 0.717) is 0 Å². The summed E-state index contributed by atoms with van der Waals surface area (Å²) in [7, 11) is 2.06. The van der Waals surface area contributed by atoms with E-state index in [1.807, 2.05) is 6.07 Å². The molecule has 7 heteroatoms. The van der Waals surface area contributed by atoms with Crippen LogP contribution in [0.15, 0.2) is 127 Å². The van der Waals surface area contributed by atoms with Crippen LogP contribution in [0.1, 0.15) is 6.92 Å². The minimum atomic E-state index is -0.0915. The molecule has 5 nitrogen and oxygen atoms in total. The quantitative estimate of drug-likeness (QED) is 0.154. The standard InChI is InChI=1S/C38H28BN5.Pd/c1-27-24-40(2)25-43(27)30-17-19-32-34-13-7-9-15-38(34)44-37-14-8-6-12-33(37)31-18-16-29(22-35(31)39(44)36(32)23-30)42-21-20-41(26-42)28-10-4-3-5-11-28;/h3-21,24-26H,1-2H3;/q-4;. The summed E-state index contributed by atoms with van der Waals surface area (Å²) < 4.78 is 0. The summed E-state index contributed by atoms with van der Waals surface area (Å²) in [6.45, 7) is 6.28. The molecule has 9 rings (SSSR count). The molecule has 5 aromatic rings. The molecule has 4 aliphatic heterocycles. The molecule has 0 bridgehead atoms. The molecule has 0 N–H and O–H groups in total. The smallest absolute Gasteiger partial charge is 0.278 e. The minimum Gasteiger partial charge on any atom is -0.510 e. The van der Waals surface area contributed by atoms with E-state index >= 15 is 0 Å². The molecule has 4 heterocycles. The van der Waals surface area contributed by atoms with E-state index in [1.165, 1.54) is 39.3 Å². The van der Waals surface area contributed by atoms with Crippen molar-refractivity contribution in [2.24, 2.45) is 0 Å². The maximum Gasteiger partial charge on any atom is 0.278 e. The molecule has 0 radical (unpaired) electrons. The van der Waals surface area contributed by atoms with Crippen LogP contribution < -0.4 is 30.4 Å². The third-order valence-electron chi connectivity index (χ3n) is 8.93. The molecular weight excluding hydrogens is 644 g/mol. The molecule has 0 unspecified atom stereocenters. The average molecular weight is 672 g/mol. The summed E-state index contributed by atoms with van der Waals surface area (Å²) in [6.07, 6.45) is 6.33. The van der Waals surface area contributed by atoms with E-state index in [-0.39, 0.29) is 27.3 Å². The Labute approximate surface area is 279 Å². The van der Waals surface area contributed by atoms with Crippen LogP contribution in [0, 0.1) is 25.5 Å². The Morgan fingerprint density at radius 1 is 0.600 bits per heavy atom. The molecule has 0 fully saturated rings. The van der Waals surface area contributed by atoms with Crippen molar-refractivity contribution in [2.45, 2.75) is 6.92 Å². The summed E-state index contributed by atoms with van der Waals surface area (Å²) in [5.74, 6) is 0. The normalized spacial score (nSPS) is 15.6. The van der Waals surface area contributed by atoms with Gasteiger partial charge in [0, 0.05) is 37.5 Å². The monoisotopic (exact) mass is 671 g/mol. The van der Waals surface area contributed by atoms with E-state index in [0.717, 1.165) is 28.0 Å². The Balaban J connectivity index is 0.00000300. The van der Waals surface area contributed by atoms with Crippen LogP contribution in [-0.4, -0.2) is 18.8 Å². The number of benzene rings is 5. The van der Waals surface area contributed by atoms with Gasteiger partial charge < -0.3 is 24.4 Å². The summed E-state index contributed by atoms with van der Waals surface area (Å²) in [4.78, 5) is 11.1. The zero-order chi connectivity index (χ0) is 29.4. The van der Waals surface area contributed by atoms with Crippen LogP contribution in [0.3, 0.4) is 0 Å². The fourth-order valence-electron chi connectivity index (χ4n) is 6.99. The van der Waals surface area contributed by atoms with Crippen LogP contribution in [0.4, 0.5) is 28.4 Å². The fraction of sp³-hybridized carbons (Fsp3) is 0.0526. The SMILES string of the molecule is CC1=CN(C)[CH-]N1c1[c-]c2c(cc1)-c1ccccc1N1B2c2[c-]c(N3C=CN(c4ccccc4)[CH-]3)ccc2-c2ccccc21.[Pd]. The molecule has 0 saturated carbocycles. The Kier molecular flexibility index (Phi) is 6.64. The van der Waals surface area contributed by atoms with Gasteiger partial charge in [0.1, 0.15) is 0 Å². The number of anilines is 5. The van der Waals surface area contributed by atoms with E-state index in [2.05, 4.69) is 180 Å². The number of rotatable bonds is 3. The van der Waals surface area contributed by atoms with Crippen LogP contribution in [0.25, 0.3) is 22.3 Å². The number of fused-ring (bicyclic) bond motifs is 11. The van der Waals surface area contributed by atoms with Gasteiger partial charge in [0.05, 0.1) is 0 Å². The molecule has 45 heavy (non-hydrogen) atoms. The number of hydrogen-bond acceptors (Lipinski definition) is 5. The van der Waals surface area contributed by atoms with Crippen molar-refractivity contribution in [3.63, 3.8) is 0 Å². The van der Waals surface area contributed by atoms with Crippen molar-refractivity contribution >= 4 is 46.2 Å². The van der Waals surface area contributed by atoms with Gasteiger partial charge in [0.25, 0.3) is 6.85 Å². The molecule has 0 atom stereocenters. The van der Waals surface area contributed by atoms with Gasteiger partial charge in [-0.1, -0.05) is 65.7 Å². The fourth-order valence-corrected chi connectivity index (χ4v) is 6.99. The van der Waals surface area contributed by atoms with Crippen molar-refractivity contribution in [3.05, 3.63) is 153 Å². The minimum absolute atomic E-state index is 0. The average Bonchev–Trinajstić information content (AvgIpc) is 3.70. The number of nitrogens with zero attached hydrogens (tertiary/aromatic N) is 5. The van der Waals surface area contributed by atoms with Crippen molar-refractivity contribution in [2.75, 3.05) is 26.6 Å². The van der Waals surface area contributed by atoms with Gasteiger partial charge >= 0.3 is 0 Å². The second-order valence-corrected chi connectivity index (χ2v) is 11.6. The number of para-hydroxylation sites is 3. The first-order valence-corrected chi connectivity index (χ1v) is 14.9. The molecular formula is C38H28BN5Pd-4. The topological polar surface area (TPSA) is 16.2 Å². The Morgan fingerprint density at radius 2 is 1.18 bits per heavy atom. The van der Waals surface area contributed by atoms with Gasteiger partial charge in [0.2, 0.25) is 0 Å². The van der Waals surface area contributed by atoms with Crippen molar-refractivity contribution in [1.29, 1.82) is 0 Å². The van der Waals surface area contributed by atoms with Crippen LogP contribution in [0.2, 0.25) is 0 Å². The summed E-state index contributed by atoms with van der Waals surface area (Å²) in [5, 5.41) is 0. The van der Waals surface area contributed by atoms with E-state index < -0.39 is 0 Å². The Morgan fingerprint density at radius 3 is 1.82 bits per heavy atom. The molecule has 0 spiro atoms. The Bertz CT molecular complexity index is 2010. The van der Waals surface area contributed by atoms with E-state index in [1.54, 1.807) is 0 Å². The third-order valence-corrected chi connectivity index (χ3v) is 8.93. The van der Waals surface area contributed by atoms with Crippen LogP contribution in [-0.2, 0) is 20.4 Å². The van der Waals surface area contributed by atoms with Gasteiger partial charge in [-0.05, 0) is 62.5 Å².